The number of oxime groups is 1. The number of carboxylic acids is 1. The number of rotatable bonds is 10. The number of thioether (sulfide) groups is 2. The summed E-state index contributed by atoms with van der Waals surface area (Å²) in [7, 11) is 0. The second-order valence-electron chi connectivity index (χ2n) is 8.17. The molecular weight excluding hydrogens is 585 g/mol. The van der Waals surface area contributed by atoms with E-state index in [2.05, 4.69) is 30.0 Å². The number of fused-ring (bicyclic) bond motifs is 1. The van der Waals surface area contributed by atoms with Gasteiger partial charge in [0.05, 0.1) is 0 Å². The molecule has 13 nitrogen and oxygen atoms in total. The van der Waals surface area contributed by atoms with Gasteiger partial charge >= 0.3 is 5.97 Å². The van der Waals surface area contributed by atoms with Gasteiger partial charge in [-0.2, -0.15) is 9.36 Å². The quantitative estimate of drug-likeness (QED) is 0.132. The minimum atomic E-state index is -1.21. The predicted octanol–water partition coefficient (Wildman–Crippen LogP) is 1.98. The molecule has 2 amide bonds. The number of hydrogen-bond donors (Lipinski definition) is 3. The number of carboxylic acid groups (broad SMARTS) is 1. The van der Waals surface area contributed by atoms with Gasteiger partial charge in [-0.15, -0.1) is 22.0 Å². The first kappa shape index (κ1) is 27.0. The van der Waals surface area contributed by atoms with Crippen molar-refractivity contribution >= 4 is 75.0 Å². The average molecular weight is 605 g/mol. The van der Waals surface area contributed by atoms with Crippen LogP contribution in [0, 0.1) is 0 Å². The van der Waals surface area contributed by atoms with Crippen LogP contribution in [0.2, 0.25) is 0 Å². The minimum Gasteiger partial charge on any atom is -0.477 e. The molecule has 3 aromatic rings. The van der Waals surface area contributed by atoms with E-state index in [-0.39, 0.29) is 22.4 Å². The van der Waals surface area contributed by atoms with Gasteiger partial charge in [0, 0.05) is 23.0 Å². The van der Waals surface area contributed by atoms with Gasteiger partial charge in [0.15, 0.2) is 9.47 Å². The van der Waals surface area contributed by atoms with E-state index in [9.17, 15) is 19.5 Å². The van der Waals surface area contributed by atoms with Crippen molar-refractivity contribution in [1.82, 2.24) is 29.8 Å². The molecule has 1 saturated heterocycles. The van der Waals surface area contributed by atoms with Gasteiger partial charge in [0.25, 0.3) is 11.8 Å². The number of amides is 2. The number of β-lactam (4-membered cyclic amide) rings is 1. The number of nitrogens with zero attached hydrogens (tertiary/aromatic N) is 6. The number of carbonyl (C=O) groups is 3. The molecule has 5 rings (SSSR count). The second-order valence-corrected chi connectivity index (χ2v) is 12.1. The molecule has 4 N–H and O–H groups in total. The Hall–Kier alpha value is -3.54. The molecule has 0 bridgehead atoms. The van der Waals surface area contributed by atoms with Gasteiger partial charge in [0.1, 0.15) is 28.7 Å². The van der Waals surface area contributed by atoms with Crippen LogP contribution < -0.4 is 11.1 Å². The molecule has 0 spiro atoms. The number of carbonyl (C=O) groups excluding carboxylic acids is 2. The number of aromatic nitrogens is 4. The van der Waals surface area contributed by atoms with Gasteiger partial charge in [-0.3, -0.25) is 14.5 Å². The third-order valence-corrected chi connectivity index (χ3v) is 9.51. The zero-order valence-corrected chi connectivity index (χ0v) is 23.4. The lowest BCUT2D eigenvalue weighted by molar-refractivity contribution is -0.150. The first-order valence-electron chi connectivity index (χ1n) is 11.3. The Bertz CT molecular complexity index is 1450. The average Bonchev–Trinajstić information content (AvgIpc) is 3.62. The van der Waals surface area contributed by atoms with Crippen LogP contribution in [0.15, 0.2) is 56.6 Å². The highest BCUT2D eigenvalue weighted by atomic mass is 32.2. The Kier molecular flexibility index (Phi) is 8.10. The smallest absolute Gasteiger partial charge is 0.352 e. The van der Waals surface area contributed by atoms with Crippen LogP contribution in [0.25, 0.3) is 0 Å². The van der Waals surface area contributed by atoms with Crippen molar-refractivity contribution in [3.05, 3.63) is 58.5 Å². The highest BCUT2D eigenvalue weighted by Crippen LogP contribution is 2.41. The fourth-order valence-corrected chi connectivity index (χ4v) is 7.22. The van der Waals surface area contributed by atoms with Crippen LogP contribution >= 0.6 is 46.4 Å². The van der Waals surface area contributed by atoms with E-state index in [0.29, 0.717) is 21.4 Å². The summed E-state index contributed by atoms with van der Waals surface area (Å²) in [6.45, 7) is 1.77. The van der Waals surface area contributed by atoms with Crippen molar-refractivity contribution in [1.29, 1.82) is 0 Å². The summed E-state index contributed by atoms with van der Waals surface area (Å²) in [4.78, 5) is 49.3. The predicted molar refractivity (Wildman–Crippen MR) is 147 cm³/mol. The Balaban J connectivity index is 1.32. The highest BCUT2D eigenvalue weighted by Gasteiger charge is 2.54. The molecule has 2 aromatic heterocycles. The Labute approximate surface area is 238 Å². The normalized spacial score (nSPS) is 19.8. The lowest BCUT2D eigenvalue weighted by Crippen LogP contribution is -2.71. The van der Waals surface area contributed by atoms with E-state index < -0.39 is 35.3 Å². The number of nitrogen functional groups attached to an aromatic ring is 1. The number of nitrogens with one attached hydrogen (secondary N) is 1. The van der Waals surface area contributed by atoms with Crippen molar-refractivity contribution in [3.8, 4) is 0 Å². The van der Waals surface area contributed by atoms with Crippen molar-refractivity contribution in [2.24, 2.45) is 5.16 Å². The lowest BCUT2D eigenvalue weighted by Gasteiger charge is -2.49. The minimum absolute atomic E-state index is 0.0442. The summed E-state index contributed by atoms with van der Waals surface area (Å²) >= 11 is 4.95. The van der Waals surface area contributed by atoms with Crippen molar-refractivity contribution < 1.29 is 24.3 Å². The number of hydrogen-bond acceptors (Lipinski definition) is 14. The number of nitrogens with two attached hydrogens (primary N) is 1. The van der Waals surface area contributed by atoms with Crippen LogP contribution in [0.1, 0.15) is 24.4 Å². The van der Waals surface area contributed by atoms with Gasteiger partial charge < -0.3 is 21.0 Å². The zero-order valence-electron chi connectivity index (χ0n) is 20.1. The van der Waals surface area contributed by atoms with E-state index in [1.807, 2.05) is 30.3 Å². The fraction of sp³-hybridized carbons (Fsp3) is 0.273. The van der Waals surface area contributed by atoms with E-state index in [4.69, 9.17) is 10.6 Å². The molecule has 2 aliphatic rings. The number of benzene rings is 1. The molecule has 202 valence electrons. The molecule has 0 saturated carbocycles. The van der Waals surface area contributed by atoms with Crippen LogP contribution in [0.5, 0.6) is 0 Å². The summed E-state index contributed by atoms with van der Waals surface area (Å²) in [5.74, 6) is -1.82. The van der Waals surface area contributed by atoms with Crippen LogP contribution in [-0.4, -0.2) is 76.0 Å². The van der Waals surface area contributed by atoms with Gasteiger partial charge in [-0.05, 0) is 18.1 Å². The van der Waals surface area contributed by atoms with Crippen LogP contribution in [-0.2, 0) is 19.2 Å². The SMILES string of the molecule is CC(O/N=C(\C(=O)NC1C(=O)N2C(C(=O)O)=C(CSc3nncs3)CS[C@H]12)c1nsc(N)n1)c1ccccc1. The van der Waals surface area contributed by atoms with E-state index in [1.165, 1.54) is 39.8 Å². The monoisotopic (exact) mass is 604 g/mol. The van der Waals surface area contributed by atoms with Crippen LogP contribution in [0.3, 0.4) is 0 Å². The van der Waals surface area contributed by atoms with Gasteiger partial charge in [0.2, 0.25) is 11.5 Å². The molecule has 0 aliphatic carbocycles. The first-order valence-corrected chi connectivity index (χ1v) is 15.0. The maximum atomic E-state index is 13.3. The molecule has 1 fully saturated rings. The zero-order chi connectivity index (χ0) is 27.5. The lowest BCUT2D eigenvalue weighted by atomic mass is 10.0. The summed E-state index contributed by atoms with van der Waals surface area (Å²) < 4.78 is 4.76. The third-order valence-electron chi connectivity index (χ3n) is 5.69. The summed E-state index contributed by atoms with van der Waals surface area (Å²) in [5.41, 5.74) is 8.40. The summed E-state index contributed by atoms with van der Waals surface area (Å²) in [6.07, 6.45) is -0.487. The van der Waals surface area contributed by atoms with E-state index in [1.54, 1.807) is 12.4 Å². The maximum Gasteiger partial charge on any atom is 0.352 e. The summed E-state index contributed by atoms with van der Waals surface area (Å²) in [5, 5.41) is 23.8. The largest absolute Gasteiger partial charge is 0.477 e. The Morgan fingerprint density at radius 3 is 2.82 bits per heavy atom. The maximum absolute atomic E-state index is 13.3. The molecule has 0 radical (unpaired) electrons. The topological polar surface area (TPSA) is 186 Å². The molecule has 1 aromatic carbocycles. The first-order chi connectivity index (χ1) is 18.8. The van der Waals surface area contributed by atoms with Crippen molar-refractivity contribution in [3.63, 3.8) is 0 Å². The molecule has 17 heteroatoms. The molecule has 39 heavy (non-hydrogen) atoms. The molecule has 3 atom stereocenters. The highest BCUT2D eigenvalue weighted by molar-refractivity contribution is 8.01. The van der Waals surface area contributed by atoms with Gasteiger partial charge in [-0.25, -0.2) is 4.79 Å². The van der Waals surface area contributed by atoms with Gasteiger partial charge in [-0.1, -0.05) is 58.6 Å². The molecular formula is C22H20N8O5S4. The second kappa shape index (κ2) is 11.7. The standard InChI is InChI=1S/C22H20N8O5S4/c1-10(11-5-3-2-4-6-11)35-28-13(16-26-21(23)39-29-16)17(31)25-14-18(32)30-15(20(33)34)12(7-36-19(14)30)8-37-22-27-24-9-38-22/h2-6,9-10,14,19H,7-8H2,1H3,(H,25,31)(H,33,34)(H2,23,26,29)/b28-13-/t10?,14?,19-/m1/s1. The van der Waals surface area contributed by atoms with Crippen molar-refractivity contribution in [2.75, 3.05) is 17.2 Å². The Morgan fingerprint density at radius 1 is 1.36 bits per heavy atom. The molecule has 4 heterocycles. The molecule has 2 aliphatic heterocycles. The molecule has 2 unspecified atom stereocenters. The summed E-state index contributed by atoms with van der Waals surface area (Å²) in [6, 6.07) is 8.32. The number of anilines is 1. The van der Waals surface area contributed by atoms with E-state index >= 15 is 0 Å². The number of aliphatic carboxylic acids is 1. The van der Waals surface area contributed by atoms with E-state index in [0.717, 1.165) is 17.1 Å². The Morgan fingerprint density at radius 2 is 2.15 bits per heavy atom. The third kappa shape index (κ3) is 5.75. The van der Waals surface area contributed by atoms with Crippen LogP contribution in [0.4, 0.5) is 5.13 Å². The fourth-order valence-electron chi connectivity index (χ4n) is 3.81. The van der Waals surface area contributed by atoms with Crippen molar-refractivity contribution in [2.45, 2.75) is 28.8 Å².